The molecule has 1 N–H and O–H groups in total. The molecule has 4 nitrogen and oxygen atoms in total. The largest absolute Gasteiger partial charge is 0.326 e. The number of pyridine rings is 1. The first-order chi connectivity index (χ1) is 12.0. The molecule has 0 unspecified atom stereocenters. The van der Waals surface area contributed by atoms with Crippen LogP contribution in [0.15, 0.2) is 65.7 Å². The molecule has 1 aromatic heterocycles. The predicted octanol–water partition coefficient (Wildman–Crippen LogP) is 4.56. The van der Waals surface area contributed by atoms with E-state index in [-0.39, 0.29) is 16.9 Å². The van der Waals surface area contributed by atoms with E-state index in [2.05, 4.69) is 10.3 Å². The van der Waals surface area contributed by atoms with Crippen LogP contribution in [0.25, 0.3) is 10.9 Å². The van der Waals surface area contributed by atoms with Gasteiger partial charge in [0.2, 0.25) is 5.91 Å². The fourth-order valence-electron chi connectivity index (χ4n) is 2.50. The molecule has 0 aliphatic heterocycles. The van der Waals surface area contributed by atoms with Gasteiger partial charge in [0.15, 0.2) is 5.78 Å². The molecular weight excluding hydrogens is 332 g/mol. The number of Topliss-reactive ketones (excluding diaryl/α,β-unsaturated/α-hetero) is 1. The number of carbonyl (C=O) groups is 2. The summed E-state index contributed by atoms with van der Waals surface area (Å²) < 4.78 is 0. The summed E-state index contributed by atoms with van der Waals surface area (Å²) >= 11 is 1.45. The van der Waals surface area contributed by atoms with Gasteiger partial charge in [-0.05, 0) is 43.3 Å². The summed E-state index contributed by atoms with van der Waals surface area (Å²) in [6, 6.07) is 18.8. The molecule has 3 aromatic rings. The molecule has 0 fully saturated rings. The number of thioether (sulfide) groups is 1. The first-order valence-electron chi connectivity index (χ1n) is 7.97. The van der Waals surface area contributed by atoms with E-state index in [1.54, 1.807) is 24.3 Å². The molecule has 0 aliphatic carbocycles. The molecule has 1 heterocycles. The zero-order valence-corrected chi connectivity index (χ0v) is 14.8. The first-order valence-corrected chi connectivity index (χ1v) is 8.85. The van der Waals surface area contributed by atoms with Crippen LogP contribution in [0.1, 0.15) is 24.2 Å². The topological polar surface area (TPSA) is 59.1 Å². The van der Waals surface area contributed by atoms with Crippen molar-refractivity contribution in [3.8, 4) is 0 Å². The van der Waals surface area contributed by atoms with E-state index in [0.29, 0.717) is 11.3 Å². The molecule has 126 valence electrons. The lowest BCUT2D eigenvalue weighted by Gasteiger charge is -2.11. The second-order valence-corrected chi connectivity index (χ2v) is 7.09. The van der Waals surface area contributed by atoms with Crippen LogP contribution in [0.2, 0.25) is 0 Å². The van der Waals surface area contributed by atoms with E-state index >= 15 is 0 Å². The number of para-hydroxylation sites is 1. The monoisotopic (exact) mass is 350 g/mol. The minimum atomic E-state index is -0.250. The molecule has 0 bridgehead atoms. The Hall–Kier alpha value is -2.66. The van der Waals surface area contributed by atoms with Crippen LogP contribution in [0.5, 0.6) is 0 Å². The van der Waals surface area contributed by atoms with Crippen molar-refractivity contribution in [2.75, 3.05) is 5.32 Å². The number of carbonyl (C=O) groups excluding carboxylic acids is 2. The zero-order chi connectivity index (χ0) is 17.8. The highest BCUT2D eigenvalue weighted by Gasteiger charge is 2.17. The number of hydrogen-bond acceptors (Lipinski definition) is 4. The Morgan fingerprint density at radius 2 is 1.72 bits per heavy atom. The predicted molar refractivity (Wildman–Crippen MR) is 102 cm³/mol. The lowest BCUT2D eigenvalue weighted by molar-refractivity contribution is -0.114. The Morgan fingerprint density at radius 3 is 2.44 bits per heavy atom. The van der Waals surface area contributed by atoms with Gasteiger partial charge in [0, 0.05) is 23.6 Å². The number of hydrogen-bond donors (Lipinski definition) is 1. The van der Waals surface area contributed by atoms with Crippen molar-refractivity contribution < 1.29 is 9.59 Å². The van der Waals surface area contributed by atoms with Crippen LogP contribution in [-0.2, 0) is 4.79 Å². The summed E-state index contributed by atoms with van der Waals surface area (Å²) in [6.45, 7) is 3.33. The third kappa shape index (κ3) is 4.25. The molecule has 25 heavy (non-hydrogen) atoms. The minimum absolute atomic E-state index is 0.0364. The van der Waals surface area contributed by atoms with Crippen LogP contribution in [-0.4, -0.2) is 21.9 Å². The summed E-state index contributed by atoms with van der Waals surface area (Å²) in [6.07, 6.45) is 0. The molecular formula is C20H18N2O2S. The number of nitrogens with one attached hydrogen (secondary N) is 1. The Balaban J connectivity index is 1.71. The van der Waals surface area contributed by atoms with Crippen LogP contribution in [0, 0.1) is 0 Å². The van der Waals surface area contributed by atoms with Crippen LogP contribution in [0.4, 0.5) is 5.69 Å². The smallest absolute Gasteiger partial charge is 0.221 e. The van der Waals surface area contributed by atoms with Crippen LogP contribution in [0.3, 0.4) is 0 Å². The third-order valence-electron chi connectivity index (χ3n) is 3.73. The molecule has 0 saturated carbocycles. The standard InChI is InChI=1S/C20H18N2O2S/c1-13(20(24)16-7-10-17(11-8-16)21-14(2)23)25-19-12-9-15-5-3-4-6-18(15)22-19/h3-13H,1-2H3,(H,21,23)/t13-/m1/s1. The average Bonchev–Trinajstić information content (AvgIpc) is 2.61. The number of rotatable bonds is 5. The van der Waals surface area contributed by atoms with Crippen molar-refractivity contribution >= 4 is 40.0 Å². The normalized spacial score (nSPS) is 11.9. The van der Waals surface area contributed by atoms with Crippen LogP contribution < -0.4 is 5.32 Å². The fraction of sp³-hybridized carbons (Fsp3) is 0.150. The van der Waals surface area contributed by atoms with Crippen LogP contribution >= 0.6 is 11.8 Å². The number of amides is 1. The molecule has 1 atom stereocenters. The summed E-state index contributed by atoms with van der Waals surface area (Å²) in [5, 5.41) is 4.35. The first kappa shape index (κ1) is 17.2. The Kier molecular flexibility index (Phi) is 5.14. The minimum Gasteiger partial charge on any atom is -0.326 e. The van der Waals surface area contributed by atoms with E-state index in [1.165, 1.54) is 18.7 Å². The van der Waals surface area contributed by atoms with Gasteiger partial charge >= 0.3 is 0 Å². The summed E-state index contributed by atoms with van der Waals surface area (Å²) in [5.41, 5.74) is 2.22. The number of ketones is 1. The second kappa shape index (κ2) is 7.49. The van der Waals surface area contributed by atoms with Gasteiger partial charge in [0.25, 0.3) is 0 Å². The van der Waals surface area contributed by atoms with E-state index in [1.807, 2.05) is 43.3 Å². The SMILES string of the molecule is CC(=O)Nc1ccc(C(=O)[C@@H](C)Sc2ccc3ccccc3n2)cc1. The molecule has 3 rings (SSSR count). The number of anilines is 1. The van der Waals surface area contributed by atoms with Gasteiger partial charge < -0.3 is 5.32 Å². The Bertz CT molecular complexity index is 922. The van der Waals surface area contributed by atoms with Gasteiger partial charge in [-0.2, -0.15) is 0 Å². The van der Waals surface area contributed by atoms with Crippen molar-refractivity contribution in [3.05, 3.63) is 66.2 Å². The molecule has 0 spiro atoms. The van der Waals surface area contributed by atoms with E-state index in [0.717, 1.165) is 15.9 Å². The molecule has 2 aromatic carbocycles. The molecule has 0 saturated heterocycles. The Morgan fingerprint density at radius 1 is 1.00 bits per heavy atom. The number of nitrogens with zero attached hydrogens (tertiary/aromatic N) is 1. The van der Waals surface area contributed by atoms with Crippen molar-refractivity contribution in [1.29, 1.82) is 0 Å². The van der Waals surface area contributed by atoms with Crippen molar-refractivity contribution in [2.45, 2.75) is 24.1 Å². The highest BCUT2D eigenvalue weighted by atomic mass is 32.2. The summed E-state index contributed by atoms with van der Waals surface area (Å²) in [5.74, 6) is -0.0975. The Labute approximate surface area is 150 Å². The lowest BCUT2D eigenvalue weighted by atomic mass is 10.1. The summed E-state index contributed by atoms with van der Waals surface area (Å²) in [7, 11) is 0. The van der Waals surface area contributed by atoms with E-state index in [4.69, 9.17) is 0 Å². The van der Waals surface area contributed by atoms with Gasteiger partial charge in [0.05, 0.1) is 15.8 Å². The maximum absolute atomic E-state index is 12.6. The number of benzene rings is 2. The molecule has 1 amide bonds. The van der Waals surface area contributed by atoms with Crippen molar-refractivity contribution in [2.24, 2.45) is 0 Å². The van der Waals surface area contributed by atoms with Gasteiger partial charge in [0.1, 0.15) is 0 Å². The van der Waals surface area contributed by atoms with Gasteiger partial charge in [-0.1, -0.05) is 36.0 Å². The van der Waals surface area contributed by atoms with Gasteiger partial charge in [-0.15, -0.1) is 0 Å². The second-order valence-electron chi connectivity index (χ2n) is 5.73. The van der Waals surface area contributed by atoms with Crippen molar-refractivity contribution in [1.82, 2.24) is 4.98 Å². The fourth-order valence-corrected chi connectivity index (χ4v) is 3.41. The van der Waals surface area contributed by atoms with Gasteiger partial charge in [-0.25, -0.2) is 4.98 Å². The molecule has 0 aliphatic rings. The zero-order valence-electron chi connectivity index (χ0n) is 14.0. The third-order valence-corrected chi connectivity index (χ3v) is 4.77. The van der Waals surface area contributed by atoms with Gasteiger partial charge in [-0.3, -0.25) is 9.59 Å². The quantitative estimate of drug-likeness (QED) is 0.541. The highest BCUT2D eigenvalue weighted by molar-refractivity contribution is 8.00. The maximum Gasteiger partial charge on any atom is 0.221 e. The average molecular weight is 350 g/mol. The van der Waals surface area contributed by atoms with Crippen molar-refractivity contribution in [3.63, 3.8) is 0 Å². The summed E-state index contributed by atoms with van der Waals surface area (Å²) in [4.78, 5) is 28.3. The number of aromatic nitrogens is 1. The van der Waals surface area contributed by atoms with E-state index < -0.39 is 0 Å². The molecule has 5 heteroatoms. The maximum atomic E-state index is 12.6. The lowest BCUT2D eigenvalue weighted by Crippen LogP contribution is -2.14. The molecule has 0 radical (unpaired) electrons. The highest BCUT2D eigenvalue weighted by Crippen LogP contribution is 2.26. The van der Waals surface area contributed by atoms with E-state index in [9.17, 15) is 9.59 Å². The number of fused-ring (bicyclic) bond motifs is 1.